The molecule has 23 heteroatoms. The van der Waals surface area contributed by atoms with Gasteiger partial charge in [-0.1, -0.05) is 43.7 Å². The molecule has 1 aromatic rings. The Morgan fingerprint density at radius 2 is 1.65 bits per heavy atom. The number of amides is 2. The van der Waals surface area contributed by atoms with E-state index in [2.05, 4.69) is 15.4 Å². The van der Waals surface area contributed by atoms with Gasteiger partial charge >= 0.3 is 30.0 Å². The van der Waals surface area contributed by atoms with Crippen LogP contribution in [0.3, 0.4) is 0 Å². The van der Waals surface area contributed by atoms with E-state index in [0.717, 1.165) is 18.8 Å². The molecule has 4 aliphatic heterocycles. The Balaban J connectivity index is 1.09. The molecule has 3 saturated heterocycles. The predicted octanol–water partition coefficient (Wildman–Crippen LogP) is 0.785. The Bertz CT molecular complexity index is 2250. The highest BCUT2D eigenvalue weighted by Crippen LogP contribution is 2.72. The van der Waals surface area contributed by atoms with Crippen molar-refractivity contribution in [1.29, 1.82) is 0 Å². The molecule has 7 rings (SSSR count). The molecule has 0 radical (unpaired) electrons. The maximum Gasteiger partial charge on any atom is 0.408 e. The molecule has 4 fully saturated rings. The zero-order chi connectivity index (χ0) is 51.8. The number of allylic oxidation sites excluding steroid dienone is 3. The molecule has 23 nitrogen and oxygen atoms in total. The summed E-state index contributed by atoms with van der Waals surface area (Å²) in [7, 11) is 1.04. The van der Waals surface area contributed by atoms with Crippen LogP contribution in [0.4, 0.5) is 10.5 Å². The molecule has 2 spiro atoms. The van der Waals surface area contributed by atoms with E-state index in [4.69, 9.17) is 53.1 Å². The predicted molar refractivity (Wildman–Crippen MR) is 246 cm³/mol. The van der Waals surface area contributed by atoms with Crippen LogP contribution in [0.2, 0.25) is 0 Å². The summed E-state index contributed by atoms with van der Waals surface area (Å²) in [6.07, 6.45) is -3.14. The number of methoxy groups -OCH3 is 1. The number of anilines is 1. The van der Waals surface area contributed by atoms with Gasteiger partial charge in [-0.15, -0.1) is 0 Å². The molecule has 7 N–H and O–H groups in total. The van der Waals surface area contributed by atoms with Gasteiger partial charge in [0.1, 0.15) is 55.0 Å². The molecule has 72 heavy (non-hydrogen) atoms. The fraction of sp³-hybridized carbons (Fsp3) is 0.633. The number of benzene rings is 1. The number of epoxide rings is 1. The van der Waals surface area contributed by atoms with Gasteiger partial charge in [0, 0.05) is 30.5 Å². The first-order chi connectivity index (χ1) is 34.5. The number of rotatable bonds is 15. The Kier molecular flexibility index (Phi) is 17.8. The molecule has 13 atom stereocenters. The van der Waals surface area contributed by atoms with Crippen LogP contribution in [0.1, 0.15) is 58.4 Å². The number of nitrogens with two attached hydrogens (primary N) is 1. The van der Waals surface area contributed by atoms with Crippen molar-refractivity contribution in [2.75, 3.05) is 65.2 Å². The zero-order valence-electron chi connectivity index (χ0n) is 40.7. The quantitative estimate of drug-likeness (QED) is 0.0465. The molecule has 0 aromatic heterocycles. The topological polar surface area (TPSA) is 318 Å². The molecule has 2 amide bonds. The maximum atomic E-state index is 14.4. The van der Waals surface area contributed by atoms with Crippen LogP contribution >= 0.6 is 0 Å². The van der Waals surface area contributed by atoms with E-state index < -0.39 is 120 Å². The average molecular weight is 1020 g/mol. The lowest BCUT2D eigenvalue weighted by atomic mass is 9.51. The van der Waals surface area contributed by atoms with E-state index in [1.807, 2.05) is 19.9 Å². The number of hydrogen-bond donors (Lipinski definition) is 6. The first-order valence-corrected chi connectivity index (χ1v) is 24.0. The SMILES string of the molecule is COC(=O)[C@H]1O[C@@H](Oc2ccc(COC(=O)N[C@H]3C(=O)OC[C@]45CCC(C)=C[C@H]4O[C@@H]4C[C@@H](OC(=O)/C=C\C=C\C(=O)OCC[C@H]3C)[C@@]5(C)[C@]43CO3)cc2NC(=O)CCOCCOCCN)[C@H](O)[C@@H](O)[C@@H]1O. The number of esters is 4. The fourth-order valence-corrected chi connectivity index (χ4v) is 10.2. The van der Waals surface area contributed by atoms with Gasteiger partial charge in [-0.05, 0) is 49.8 Å². The second kappa shape index (κ2) is 23.6. The highest BCUT2D eigenvalue weighted by atomic mass is 16.7. The smallest absolute Gasteiger partial charge is 0.408 e. The first-order valence-electron chi connectivity index (χ1n) is 24.0. The minimum Gasteiger partial charge on any atom is -0.467 e. The first kappa shape index (κ1) is 54.3. The van der Waals surface area contributed by atoms with E-state index in [-0.39, 0.29) is 57.3 Å². The summed E-state index contributed by atoms with van der Waals surface area (Å²) in [6.45, 7) is 6.43. The number of ether oxygens (including phenoxy) is 11. The van der Waals surface area contributed by atoms with Gasteiger partial charge in [0.2, 0.25) is 12.2 Å². The minimum absolute atomic E-state index is 0.00239. The van der Waals surface area contributed by atoms with Crippen molar-refractivity contribution in [3.05, 3.63) is 59.7 Å². The molecule has 1 saturated carbocycles. The van der Waals surface area contributed by atoms with Crippen molar-refractivity contribution < 1.29 is 96.2 Å². The minimum atomic E-state index is -1.89. The molecule has 4 heterocycles. The Labute approximate surface area is 415 Å². The third-order valence-corrected chi connectivity index (χ3v) is 14.5. The van der Waals surface area contributed by atoms with Crippen LogP contribution in [0, 0.1) is 16.7 Å². The fourth-order valence-electron chi connectivity index (χ4n) is 10.2. The molecule has 1 aromatic carbocycles. The van der Waals surface area contributed by atoms with Crippen LogP contribution < -0.4 is 21.1 Å². The van der Waals surface area contributed by atoms with Crippen LogP contribution in [0.25, 0.3) is 0 Å². The van der Waals surface area contributed by atoms with Crippen molar-refractivity contribution >= 4 is 41.6 Å². The third kappa shape index (κ3) is 11.6. The van der Waals surface area contributed by atoms with E-state index in [9.17, 15) is 44.1 Å². The molecule has 0 unspecified atom stereocenters. The van der Waals surface area contributed by atoms with E-state index in [1.165, 1.54) is 36.4 Å². The summed E-state index contributed by atoms with van der Waals surface area (Å²) in [5.74, 6) is -4.55. The summed E-state index contributed by atoms with van der Waals surface area (Å²) in [5, 5.41) is 37.0. The lowest BCUT2D eigenvalue weighted by molar-refractivity contribution is -0.271. The van der Waals surface area contributed by atoms with Gasteiger partial charge in [-0.3, -0.25) is 4.79 Å². The van der Waals surface area contributed by atoms with E-state index >= 15 is 0 Å². The van der Waals surface area contributed by atoms with E-state index in [0.29, 0.717) is 44.6 Å². The lowest BCUT2D eigenvalue weighted by Gasteiger charge is -2.58. The molecule has 396 valence electrons. The largest absolute Gasteiger partial charge is 0.467 e. The molecule has 2 aliphatic carbocycles. The normalized spacial score (nSPS) is 35.4. The third-order valence-electron chi connectivity index (χ3n) is 14.5. The van der Waals surface area contributed by atoms with Crippen LogP contribution in [0.15, 0.2) is 54.2 Å². The van der Waals surface area contributed by atoms with Crippen molar-refractivity contribution in [1.82, 2.24) is 5.32 Å². The van der Waals surface area contributed by atoms with Gasteiger partial charge in [-0.2, -0.15) is 0 Å². The van der Waals surface area contributed by atoms with Gasteiger partial charge in [0.05, 0.1) is 76.5 Å². The van der Waals surface area contributed by atoms with Crippen LogP contribution in [-0.2, 0) is 77.9 Å². The van der Waals surface area contributed by atoms with Gasteiger partial charge in [0.25, 0.3) is 0 Å². The Morgan fingerprint density at radius 3 is 2.38 bits per heavy atom. The van der Waals surface area contributed by atoms with Crippen LogP contribution in [0.5, 0.6) is 5.75 Å². The number of hydrogen-bond acceptors (Lipinski definition) is 21. The highest BCUT2D eigenvalue weighted by molar-refractivity contribution is 5.92. The summed E-state index contributed by atoms with van der Waals surface area (Å²) in [5.41, 5.74) is 4.20. The van der Waals surface area contributed by atoms with Crippen molar-refractivity contribution in [2.24, 2.45) is 22.5 Å². The number of carbonyl (C=O) groups excluding carboxylic acids is 6. The zero-order valence-corrected chi connectivity index (χ0v) is 40.7. The summed E-state index contributed by atoms with van der Waals surface area (Å²) in [6, 6.07) is 2.85. The standard InChI is InChI=1S/C49H65N3O20/c1-27-11-14-48-25-67-43(59)38(28(2)12-17-65-36(54)7-5-6-8-37(55)71-32-23-34(70-33(48)21-27)49(26-68-49)47(32,48)3)52-46(61)66-24-29-9-10-31(30(22-29)51-35(53)13-16-63-19-20-64-18-15-50)69-45-41(58)39(56)40(57)42(72-45)44(60)62-4/h5-10,21-22,28,32-34,38-42,45,56-58H,11-20,23-26,50H2,1-4H3,(H,51,53)(H,52,61)/b7-5+,8-6-/t28-,32-,33-,34-,38-,39+,40+,41-,42+,45-,47-,48-,49+/m1/s1. The second-order valence-electron chi connectivity index (χ2n) is 18.9. The number of cyclic esters (lactones) is 2. The molecular formula is C49H65N3O20. The summed E-state index contributed by atoms with van der Waals surface area (Å²) in [4.78, 5) is 79.4. The van der Waals surface area contributed by atoms with Gasteiger partial charge in [-0.25, -0.2) is 24.0 Å². The molecule has 2 bridgehead atoms. The Hall–Kier alpha value is -5.50. The highest BCUT2D eigenvalue weighted by Gasteiger charge is 2.83. The lowest BCUT2D eigenvalue weighted by Crippen LogP contribution is -2.67. The molecule has 6 aliphatic rings. The van der Waals surface area contributed by atoms with Crippen molar-refractivity contribution in [3.63, 3.8) is 0 Å². The Morgan fingerprint density at radius 1 is 0.917 bits per heavy atom. The average Bonchev–Trinajstić information content (AvgIpc) is 4.15. The van der Waals surface area contributed by atoms with Crippen LogP contribution in [-0.4, -0.2) is 172 Å². The summed E-state index contributed by atoms with van der Waals surface area (Å²) < 4.78 is 63.0. The summed E-state index contributed by atoms with van der Waals surface area (Å²) >= 11 is 0. The number of nitrogens with one attached hydrogen (secondary N) is 2. The maximum absolute atomic E-state index is 14.4. The second-order valence-corrected chi connectivity index (χ2v) is 18.9. The number of aliphatic hydroxyl groups excluding tert-OH is 3. The van der Waals surface area contributed by atoms with Gasteiger partial charge < -0.3 is 83.8 Å². The number of alkyl carbamates (subject to hydrolysis) is 1. The van der Waals surface area contributed by atoms with E-state index in [1.54, 1.807) is 6.92 Å². The molecular weight excluding hydrogens is 951 g/mol. The van der Waals surface area contributed by atoms with Crippen molar-refractivity contribution in [2.45, 2.75) is 120 Å². The number of aliphatic hydroxyl groups is 3. The van der Waals surface area contributed by atoms with Gasteiger partial charge in [0.15, 0.2) is 6.10 Å². The van der Waals surface area contributed by atoms with Crippen molar-refractivity contribution in [3.8, 4) is 5.75 Å². The number of carbonyl (C=O) groups is 6. The monoisotopic (exact) mass is 1020 g/mol.